The van der Waals surface area contributed by atoms with Crippen LogP contribution in [0.1, 0.15) is 33.6 Å². The Hall–Kier alpha value is -3.03. The van der Waals surface area contributed by atoms with Gasteiger partial charge in [-0.05, 0) is 12.1 Å². The van der Waals surface area contributed by atoms with E-state index in [4.69, 9.17) is 4.74 Å². The van der Waals surface area contributed by atoms with Crippen LogP contribution in [0.4, 0.5) is 0 Å². The van der Waals surface area contributed by atoms with Gasteiger partial charge < -0.3 is 4.74 Å². The smallest absolute Gasteiger partial charge is 0.356 e. The largest absolute Gasteiger partial charge is 0.439 e. The molecule has 2 aliphatic rings. The molecule has 0 spiro atoms. The minimum absolute atomic E-state index is 0.0520. The number of fused-ring (bicyclic) bond motifs is 1. The molecule has 0 radical (unpaired) electrons. The number of rotatable bonds is 3. The third-order valence-corrected chi connectivity index (χ3v) is 3.34. The molecule has 0 aliphatic carbocycles. The van der Waals surface area contributed by atoms with Crippen LogP contribution in [0.5, 0.6) is 0 Å². The highest BCUT2D eigenvalue weighted by molar-refractivity contribution is 6.37. The first kappa shape index (κ1) is 13.9. The zero-order valence-corrected chi connectivity index (χ0v) is 11.4. The Bertz CT molecular complexity index is 690. The van der Waals surface area contributed by atoms with Gasteiger partial charge in [0.25, 0.3) is 11.8 Å². The third-order valence-electron chi connectivity index (χ3n) is 3.34. The topological polar surface area (TPSA) is 105 Å². The number of nitrogens with one attached hydrogen (secondary N) is 1. The molecule has 2 heterocycles. The maximum absolute atomic E-state index is 12.1. The van der Waals surface area contributed by atoms with E-state index in [0.29, 0.717) is 0 Å². The molecule has 3 rings (SSSR count). The van der Waals surface area contributed by atoms with Crippen LogP contribution >= 0.6 is 0 Å². The van der Waals surface area contributed by atoms with Gasteiger partial charge in [-0.3, -0.25) is 14.4 Å². The van der Waals surface area contributed by atoms with Gasteiger partial charge in [0.05, 0.1) is 11.1 Å². The number of carbonyl (C=O) groups is 4. The molecule has 1 aromatic rings. The molecule has 0 fully saturated rings. The quantitative estimate of drug-likeness (QED) is 0.627. The number of esters is 1. The lowest BCUT2D eigenvalue weighted by Crippen LogP contribution is -2.36. The van der Waals surface area contributed by atoms with Gasteiger partial charge in [-0.1, -0.05) is 12.1 Å². The normalized spacial score (nSPS) is 17.0. The van der Waals surface area contributed by atoms with Gasteiger partial charge in [0.1, 0.15) is 5.71 Å². The molecule has 0 saturated carbocycles. The first-order valence-corrected chi connectivity index (χ1v) is 6.55. The zero-order chi connectivity index (χ0) is 15.7. The van der Waals surface area contributed by atoms with E-state index in [-0.39, 0.29) is 35.6 Å². The molecule has 8 nitrogen and oxygen atoms in total. The highest BCUT2D eigenvalue weighted by Crippen LogP contribution is 2.22. The van der Waals surface area contributed by atoms with Crippen LogP contribution in [-0.2, 0) is 14.3 Å². The van der Waals surface area contributed by atoms with E-state index in [1.807, 2.05) is 0 Å². The third kappa shape index (κ3) is 2.34. The number of benzene rings is 1. The molecule has 2 aliphatic heterocycles. The molecule has 0 saturated heterocycles. The molecule has 1 N–H and O–H groups in total. The first-order chi connectivity index (χ1) is 10.6. The Kier molecular flexibility index (Phi) is 3.42. The Morgan fingerprint density at radius 3 is 2.32 bits per heavy atom. The summed E-state index contributed by atoms with van der Waals surface area (Å²) in [6.45, 7) is -0.488. The second-order valence-electron chi connectivity index (χ2n) is 4.74. The number of imide groups is 1. The van der Waals surface area contributed by atoms with E-state index in [2.05, 4.69) is 10.5 Å². The number of hydrogen-bond donors (Lipinski definition) is 1. The Morgan fingerprint density at radius 1 is 1.14 bits per heavy atom. The molecule has 0 aromatic heterocycles. The molecule has 0 bridgehead atoms. The van der Waals surface area contributed by atoms with Gasteiger partial charge in [-0.2, -0.15) is 5.10 Å². The van der Waals surface area contributed by atoms with Crippen LogP contribution < -0.4 is 5.43 Å². The van der Waals surface area contributed by atoms with E-state index >= 15 is 0 Å². The number of nitrogens with zero attached hydrogens (tertiary/aromatic N) is 2. The van der Waals surface area contributed by atoms with Crippen molar-refractivity contribution in [3.63, 3.8) is 0 Å². The second kappa shape index (κ2) is 5.40. The van der Waals surface area contributed by atoms with Crippen molar-refractivity contribution in [3.8, 4) is 0 Å². The predicted molar refractivity (Wildman–Crippen MR) is 72.7 cm³/mol. The molecular weight excluding hydrogens is 290 g/mol. The Balaban J connectivity index is 1.66. The average molecular weight is 301 g/mol. The van der Waals surface area contributed by atoms with E-state index in [0.717, 1.165) is 4.90 Å². The predicted octanol–water partition coefficient (Wildman–Crippen LogP) is 0.0493. The van der Waals surface area contributed by atoms with Gasteiger partial charge >= 0.3 is 5.97 Å². The monoisotopic (exact) mass is 301 g/mol. The summed E-state index contributed by atoms with van der Waals surface area (Å²) in [7, 11) is 0. The van der Waals surface area contributed by atoms with Gasteiger partial charge in [0.15, 0.2) is 6.73 Å². The Morgan fingerprint density at radius 2 is 1.77 bits per heavy atom. The fourth-order valence-corrected chi connectivity index (χ4v) is 2.18. The van der Waals surface area contributed by atoms with Crippen molar-refractivity contribution in [1.29, 1.82) is 0 Å². The summed E-state index contributed by atoms with van der Waals surface area (Å²) in [5.74, 6) is -2.06. The van der Waals surface area contributed by atoms with Gasteiger partial charge in [-0.15, -0.1) is 0 Å². The van der Waals surface area contributed by atoms with Gasteiger partial charge in [-0.25, -0.2) is 15.1 Å². The summed E-state index contributed by atoms with van der Waals surface area (Å²) in [6, 6.07) is 6.38. The highest BCUT2D eigenvalue weighted by Gasteiger charge is 2.36. The van der Waals surface area contributed by atoms with E-state index in [1.54, 1.807) is 12.1 Å². The van der Waals surface area contributed by atoms with Gasteiger partial charge in [0, 0.05) is 12.8 Å². The molecule has 0 unspecified atom stereocenters. The molecule has 1 aromatic carbocycles. The summed E-state index contributed by atoms with van der Waals surface area (Å²) in [5, 5.41) is 3.59. The van der Waals surface area contributed by atoms with E-state index in [9.17, 15) is 19.2 Å². The summed E-state index contributed by atoms with van der Waals surface area (Å²) < 4.78 is 4.94. The lowest BCUT2D eigenvalue weighted by molar-refractivity contribution is -0.138. The lowest BCUT2D eigenvalue weighted by atomic mass is 10.1. The SMILES string of the molecule is O=C1CCC(C(=O)OCN2C(=O)c3ccccc3C2=O)=NN1. The van der Waals surface area contributed by atoms with Crippen molar-refractivity contribution in [3.05, 3.63) is 35.4 Å². The fraction of sp³-hybridized carbons (Fsp3) is 0.214. The lowest BCUT2D eigenvalue weighted by Gasteiger charge is -2.15. The minimum atomic E-state index is -0.767. The molecule has 0 atom stereocenters. The van der Waals surface area contributed by atoms with Crippen LogP contribution in [0, 0.1) is 0 Å². The fourth-order valence-electron chi connectivity index (χ4n) is 2.18. The van der Waals surface area contributed by atoms with Crippen molar-refractivity contribution < 1.29 is 23.9 Å². The van der Waals surface area contributed by atoms with Crippen LogP contribution in [-0.4, -0.2) is 41.0 Å². The van der Waals surface area contributed by atoms with Crippen LogP contribution in [0.15, 0.2) is 29.4 Å². The minimum Gasteiger partial charge on any atom is -0.439 e. The number of amides is 3. The zero-order valence-electron chi connectivity index (χ0n) is 11.4. The van der Waals surface area contributed by atoms with Crippen LogP contribution in [0.25, 0.3) is 0 Å². The van der Waals surface area contributed by atoms with Crippen molar-refractivity contribution in [2.75, 3.05) is 6.73 Å². The number of ether oxygens (including phenoxy) is 1. The first-order valence-electron chi connectivity index (χ1n) is 6.55. The van der Waals surface area contributed by atoms with Crippen molar-refractivity contribution in [2.45, 2.75) is 12.8 Å². The van der Waals surface area contributed by atoms with Crippen molar-refractivity contribution in [2.24, 2.45) is 5.10 Å². The van der Waals surface area contributed by atoms with Crippen LogP contribution in [0.2, 0.25) is 0 Å². The number of carbonyl (C=O) groups excluding carboxylic acids is 4. The molecule has 22 heavy (non-hydrogen) atoms. The summed E-state index contributed by atoms with van der Waals surface area (Å²) in [6.07, 6.45) is 0.299. The molecule has 3 amide bonds. The second-order valence-corrected chi connectivity index (χ2v) is 4.74. The molecule has 112 valence electrons. The van der Waals surface area contributed by atoms with E-state index < -0.39 is 24.5 Å². The summed E-state index contributed by atoms with van der Waals surface area (Å²) in [5.41, 5.74) is 2.79. The Labute approximate surface area is 124 Å². The van der Waals surface area contributed by atoms with Crippen molar-refractivity contribution >= 4 is 29.4 Å². The van der Waals surface area contributed by atoms with Gasteiger partial charge in [0.2, 0.25) is 5.91 Å². The molecular formula is C14H11N3O5. The summed E-state index contributed by atoms with van der Waals surface area (Å²) in [4.78, 5) is 47.7. The number of hydrazone groups is 1. The van der Waals surface area contributed by atoms with E-state index in [1.165, 1.54) is 12.1 Å². The molecule has 8 heteroatoms. The average Bonchev–Trinajstić information content (AvgIpc) is 2.78. The number of hydrogen-bond acceptors (Lipinski definition) is 6. The summed E-state index contributed by atoms with van der Waals surface area (Å²) >= 11 is 0. The van der Waals surface area contributed by atoms with Crippen molar-refractivity contribution in [1.82, 2.24) is 10.3 Å². The maximum atomic E-state index is 12.1. The maximum Gasteiger partial charge on any atom is 0.356 e. The standard InChI is InChI=1S/C14H11N3O5/c18-11-6-5-10(15-16-11)14(21)22-7-17-12(19)8-3-1-2-4-9(8)13(17)20/h1-4H,5-7H2,(H,16,18). The highest BCUT2D eigenvalue weighted by atomic mass is 16.5. The van der Waals surface area contributed by atoms with Crippen LogP contribution in [0.3, 0.4) is 0 Å².